The molecule has 1 aliphatic heterocycles. The molecule has 1 heterocycles. The summed E-state index contributed by atoms with van der Waals surface area (Å²) in [6, 6.07) is 4.35. The van der Waals surface area contributed by atoms with E-state index >= 15 is 0 Å². The highest BCUT2D eigenvalue weighted by Gasteiger charge is 2.17. The van der Waals surface area contributed by atoms with Crippen LogP contribution in [-0.4, -0.2) is 32.1 Å². The van der Waals surface area contributed by atoms with Crippen molar-refractivity contribution in [2.75, 3.05) is 31.2 Å². The summed E-state index contributed by atoms with van der Waals surface area (Å²) in [7, 11) is 0. The van der Waals surface area contributed by atoms with E-state index in [-0.39, 0.29) is 5.78 Å². The molecule has 0 radical (unpaired) electrons. The minimum atomic E-state index is 0.219. The third-order valence-electron chi connectivity index (χ3n) is 3.37. The Bertz CT molecular complexity index is 448. The maximum absolute atomic E-state index is 11.4. The van der Waals surface area contributed by atoms with Crippen molar-refractivity contribution in [3.05, 3.63) is 28.8 Å². The monoisotopic (exact) mass is 247 g/mol. The standard InChI is InChI=1S/C15H21NO2/c1-11-8-12(2)14(10-13(3)17)15(9-11)16-4-6-18-7-5-16/h8-9H,4-7,10H2,1-3H3. The second kappa shape index (κ2) is 5.53. The summed E-state index contributed by atoms with van der Waals surface area (Å²) < 4.78 is 5.39. The van der Waals surface area contributed by atoms with Gasteiger partial charge in [-0.25, -0.2) is 0 Å². The van der Waals surface area contributed by atoms with Gasteiger partial charge in [-0.05, 0) is 43.5 Å². The fourth-order valence-electron chi connectivity index (χ4n) is 2.54. The molecule has 1 aliphatic rings. The highest BCUT2D eigenvalue weighted by Crippen LogP contribution is 2.27. The predicted molar refractivity (Wildman–Crippen MR) is 73.3 cm³/mol. The fourth-order valence-corrected chi connectivity index (χ4v) is 2.54. The van der Waals surface area contributed by atoms with Crippen LogP contribution in [0.4, 0.5) is 5.69 Å². The van der Waals surface area contributed by atoms with Crippen LogP contribution in [0, 0.1) is 13.8 Å². The number of hydrogen-bond acceptors (Lipinski definition) is 3. The van der Waals surface area contributed by atoms with Gasteiger partial charge in [0.2, 0.25) is 0 Å². The first-order valence-electron chi connectivity index (χ1n) is 6.50. The van der Waals surface area contributed by atoms with E-state index in [1.165, 1.54) is 22.4 Å². The van der Waals surface area contributed by atoms with Gasteiger partial charge in [-0.1, -0.05) is 6.07 Å². The molecule has 98 valence electrons. The number of anilines is 1. The summed E-state index contributed by atoms with van der Waals surface area (Å²) in [5.74, 6) is 0.219. The third kappa shape index (κ3) is 2.91. The molecule has 0 spiro atoms. The van der Waals surface area contributed by atoms with Gasteiger partial charge < -0.3 is 9.64 Å². The number of Topliss-reactive ketones (excluding diaryl/α,β-unsaturated/α-hetero) is 1. The molecule has 0 aromatic heterocycles. The van der Waals surface area contributed by atoms with Crippen LogP contribution >= 0.6 is 0 Å². The highest BCUT2D eigenvalue weighted by molar-refractivity contribution is 5.81. The number of ether oxygens (including phenoxy) is 1. The smallest absolute Gasteiger partial charge is 0.134 e. The topological polar surface area (TPSA) is 29.5 Å². The first kappa shape index (κ1) is 13.1. The van der Waals surface area contributed by atoms with Crippen molar-refractivity contribution < 1.29 is 9.53 Å². The average molecular weight is 247 g/mol. The van der Waals surface area contributed by atoms with Crippen molar-refractivity contribution in [2.24, 2.45) is 0 Å². The number of rotatable bonds is 3. The molecule has 3 heteroatoms. The molecule has 0 amide bonds. The quantitative estimate of drug-likeness (QED) is 0.820. The van der Waals surface area contributed by atoms with E-state index in [4.69, 9.17) is 4.74 Å². The normalized spacial score (nSPS) is 15.8. The molecule has 0 bridgehead atoms. The molecule has 3 nitrogen and oxygen atoms in total. The molecular formula is C15H21NO2. The number of ketones is 1. The Balaban J connectivity index is 2.38. The average Bonchev–Trinajstić information content (AvgIpc) is 2.33. The molecule has 0 saturated carbocycles. The van der Waals surface area contributed by atoms with Gasteiger partial charge in [-0.15, -0.1) is 0 Å². The Kier molecular flexibility index (Phi) is 4.02. The van der Waals surface area contributed by atoms with Gasteiger partial charge >= 0.3 is 0 Å². The minimum absolute atomic E-state index is 0.219. The molecule has 1 saturated heterocycles. The molecule has 1 fully saturated rings. The van der Waals surface area contributed by atoms with Crippen molar-refractivity contribution in [2.45, 2.75) is 27.2 Å². The minimum Gasteiger partial charge on any atom is -0.378 e. The maximum Gasteiger partial charge on any atom is 0.134 e. The number of aryl methyl sites for hydroxylation is 2. The second-order valence-electron chi connectivity index (χ2n) is 5.06. The van der Waals surface area contributed by atoms with Crippen molar-refractivity contribution in [1.29, 1.82) is 0 Å². The highest BCUT2D eigenvalue weighted by atomic mass is 16.5. The van der Waals surface area contributed by atoms with E-state index in [2.05, 4.69) is 30.9 Å². The van der Waals surface area contributed by atoms with Gasteiger partial charge in [0.25, 0.3) is 0 Å². The number of hydrogen-bond donors (Lipinski definition) is 0. The van der Waals surface area contributed by atoms with Gasteiger partial charge in [0, 0.05) is 25.2 Å². The molecule has 1 aromatic carbocycles. The lowest BCUT2D eigenvalue weighted by Gasteiger charge is -2.31. The molecule has 2 rings (SSSR count). The van der Waals surface area contributed by atoms with E-state index in [1.54, 1.807) is 6.92 Å². The summed E-state index contributed by atoms with van der Waals surface area (Å²) in [4.78, 5) is 13.8. The summed E-state index contributed by atoms with van der Waals surface area (Å²) in [5, 5.41) is 0. The SMILES string of the molecule is CC(=O)Cc1c(C)cc(C)cc1N1CCOCC1. The second-order valence-corrected chi connectivity index (χ2v) is 5.06. The Hall–Kier alpha value is -1.35. The lowest BCUT2D eigenvalue weighted by Crippen LogP contribution is -2.37. The van der Waals surface area contributed by atoms with Crippen LogP contribution in [0.3, 0.4) is 0 Å². The van der Waals surface area contributed by atoms with E-state index in [1.807, 2.05) is 0 Å². The number of morpholine rings is 1. The first-order valence-corrected chi connectivity index (χ1v) is 6.50. The van der Waals surface area contributed by atoms with Gasteiger partial charge in [0.15, 0.2) is 0 Å². The summed E-state index contributed by atoms with van der Waals surface area (Å²) >= 11 is 0. The molecule has 0 aliphatic carbocycles. The molecule has 0 N–H and O–H groups in total. The number of nitrogens with zero attached hydrogens (tertiary/aromatic N) is 1. The largest absolute Gasteiger partial charge is 0.378 e. The van der Waals surface area contributed by atoms with E-state index < -0.39 is 0 Å². The summed E-state index contributed by atoms with van der Waals surface area (Å²) in [5.41, 5.74) is 4.86. The van der Waals surface area contributed by atoms with Crippen LogP contribution in [0.1, 0.15) is 23.6 Å². The Morgan fingerprint density at radius 1 is 1.28 bits per heavy atom. The lowest BCUT2D eigenvalue weighted by atomic mass is 9.98. The Labute approximate surface area is 109 Å². The molecule has 18 heavy (non-hydrogen) atoms. The third-order valence-corrected chi connectivity index (χ3v) is 3.37. The summed E-state index contributed by atoms with van der Waals surface area (Å²) in [6.45, 7) is 9.21. The van der Waals surface area contributed by atoms with Crippen LogP contribution in [0.2, 0.25) is 0 Å². The van der Waals surface area contributed by atoms with Crippen molar-refractivity contribution in [1.82, 2.24) is 0 Å². The van der Waals surface area contributed by atoms with E-state index in [0.717, 1.165) is 26.3 Å². The maximum atomic E-state index is 11.4. The van der Waals surface area contributed by atoms with Gasteiger partial charge in [-0.3, -0.25) is 4.79 Å². The first-order chi connectivity index (χ1) is 8.58. The van der Waals surface area contributed by atoms with Gasteiger partial charge in [-0.2, -0.15) is 0 Å². The number of benzene rings is 1. The van der Waals surface area contributed by atoms with E-state index in [9.17, 15) is 4.79 Å². The number of carbonyl (C=O) groups is 1. The molecule has 0 atom stereocenters. The van der Waals surface area contributed by atoms with Crippen LogP contribution in [0.5, 0.6) is 0 Å². The zero-order chi connectivity index (χ0) is 13.1. The van der Waals surface area contributed by atoms with Crippen LogP contribution in [0.15, 0.2) is 12.1 Å². The fraction of sp³-hybridized carbons (Fsp3) is 0.533. The summed E-state index contributed by atoms with van der Waals surface area (Å²) in [6.07, 6.45) is 0.527. The van der Waals surface area contributed by atoms with Crippen LogP contribution in [-0.2, 0) is 16.0 Å². The van der Waals surface area contributed by atoms with E-state index in [0.29, 0.717) is 6.42 Å². The Morgan fingerprint density at radius 2 is 1.94 bits per heavy atom. The molecular weight excluding hydrogens is 226 g/mol. The predicted octanol–water partition coefficient (Wildman–Crippen LogP) is 2.27. The zero-order valence-electron chi connectivity index (χ0n) is 11.5. The van der Waals surface area contributed by atoms with Crippen molar-refractivity contribution in [3.63, 3.8) is 0 Å². The van der Waals surface area contributed by atoms with Crippen molar-refractivity contribution in [3.8, 4) is 0 Å². The molecule has 1 aromatic rings. The number of carbonyl (C=O) groups excluding carboxylic acids is 1. The molecule has 0 unspecified atom stereocenters. The zero-order valence-corrected chi connectivity index (χ0v) is 11.5. The Morgan fingerprint density at radius 3 is 2.56 bits per heavy atom. The lowest BCUT2D eigenvalue weighted by molar-refractivity contribution is -0.116. The van der Waals surface area contributed by atoms with Crippen molar-refractivity contribution >= 4 is 11.5 Å². The van der Waals surface area contributed by atoms with Crippen LogP contribution < -0.4 is 4.90 Å². The van der Waals surface area contributed by atoms with Gasteiger partial charge in [0.1, 0.15) is 5.78 Å². The van der Waals surface area contributed by atoms with Gasteiger partial charge in [0.05, 0.1) is 13.2 Å². The van der Waals surface area contributed by atoms with Crippen LogP contribution in [0.25, 0.3) is 0 Å².